The van der Waals surface area contributed by atoms with Crippen molar-refractivity contribution in [2.45, 2.75) is 31.1 Å². The first kappa shape index (κ1) is 23.6. The molecule has 0 aliphatic rings. The van der Waals surface area contributed by atoms with Crippen LogP contribution in [0, 0.1) is 0 Å². The zero-order valence-corrected chi connectivity index (χ0v) is 21.1. The summed E-state index contributed by atoms with van der Waals surface area (Å²) >= 11 is 13.0. The third kappa shape index (κ3) is 4.86. The number of hydrogen-bond acceptors (Lipinski definition) is 3. The number of sulfone groups is 1. The fourth-order valence-electron chi connectivity index (χ4n) is 3.55. The number of halogens is 2. The Morgan fingerprint density at radius 3 is 2.03 bits per heavy atom. The Bertz CT molecular complexity index is 1410. The van der Waals surface area contributed by atoms with Crippen LogP contribution in [0.25, 0.3) is 28.2 Å². The quantitative estimate of drug-likeness (QED) is 0.298. The van der Waals surface area contributed by atoms with Gasteiger partial charge in [-0.05, 0) is 47.5 Å². The zero-order chi connectivity index (χ0) is 24.0. The monoisotopic (exact) mass is 498 g/mol. The molecule has 4 aromatic rings. The van der Waals surface area contributed by atoms with E-state index in [-0.39, 0.29) is 5.41 Å². The molecule has 0 aliphatic carbocycles. The van der Waals surface area contributed by atoms with Crippen molar-refractivity contribution < 1.29 is 8.42 Å². The second kappa shape index (κ2) is 8.64. The molecule has 0 saturated carbocycles. The van der Waals surface area contributed by atoms with Gasteiger partial charge in [-0.15, -0.1) is 0 Å². The van der Waals surface area contributed by atoms with Gasteiger partial charge in [-0.2, -0.15) is 0 Å². The fourth-order valence-corrected chi connectivity index (χ4v) is 4.78. The highest BCUT2D eigenvalue weighted by Crippen LogP contribution is 2.37. The normalized spacial score (nSPS) is 12.2. The van der Waals surface area contributed by atoms with Crippen molar-refractivity contribution in [3.05, 3.63) is 88.7 Å². The van der Waals surface area contributed by atoms with E-state index in [1.54, 1.807) is 30.3 Å². The lowest BCUT2D eigenvalue weighted by atomic mass is 9.93. The van der Waals surface area contributed by atoms with Crippen LogP contribution < -0.4 is 0 Å². The predicted molar refractivity (Wildman–Crippen MR) is 136 cm³/mol. The molecule has 0 N–H and O–H groups in total. The van der Waals surface area contributed by atoms with Gasteiger partial charge in [0.15, 0.2) is 9.84 Å². The number of rotatable bonds is 4. The molecule has 3 aromatic carbocycles. The van der Waals surface area contributed by atoms with Crippen molar-refractivity contribution >= 4 is 33.0 Å². The summed E-state index contributed by atoms with van der Waals surface area (Å²) in [6.07, 6.45) is 3.22. The predicted octanol–water partition coefficient (Wildman–Crippen LogP) is 7.21. The van der Waals surface area contributed by atoms with Crippen LogP contribution in [0.4, 0.5) is 0 Å². The maximum absolute atomic E-state index is 11.9. The van der Waals surface area contributed by atoms with Crippen molar-refractivity contribution in [3.8, 4) is 28.2 Å². The van der Waals surface area contributed by atoms with Crippen LogP contribution in [0.1, 0.15) is 26.5 Å². The molecule has 1 aromatic heterocycles. The van der Waals surface area contributed by atoms with Gasteiger partial charge >= 0.3 is 0 Å². The van der Waals surface area contributed by atoms with Crippen molar-refractivity contribution in [2.24, 2.45) is 0 Å². The average Bonchev–Trinajstić information content (AvgIpc) is 3.19. The van der Waals surface area contributed by atoms with Gasteiger partial charge in [0.05, 0.1) is 26.2 Å². The minimum atomic E-state index is -3.28. The second-order valence-electron chi connectivity index (χ2n) is 9.01. The van der Waals surface area contributed by atoms with Gasteiger partial charge in [-0.1, -0.05) is 74.3 Å². The molecule has 4 nitrogen and oxygen atoms in total. The molecule has 0 amide bonds. The zero-order valence-electron chi connectivity index (χ0n) is 18.8. The molecule has 0 fully saturated rings. The first-order chi connectivity index (χ1) is 15.4. The topological polar surface area (TPSA) is 52.0 Å². The van der Waals surface area contributed by atoms with Crippen molar-refractivity contribution in [3.63, 3.8) is 0 Å². The first-order valence-electron chi connectivity index (χ1n) is 10.4. The average molecular weight is 499 g/mol. The third-order valence-electron chi connectivity index (χ3n) is 5.40. The third-order valence-corrected chi connectivity index (χ3v) is 7.14. The van der Waals surface area contributed by atoms with Crippen molar-refractivity contribution in [1.82, 2.24) is 9.55 Å². The summed E-state index contributed by atoms with van der Waals surface area (Å²) in [6.45, 7) is 6.32. The molecule has 7 heteroatoms. The SMILES string of the molecule is CC(C)(C)c1cn(-c2ccc(-c3cccc(S(C)(=O)=O)c3)cc2)c(-c2c(Cl)cccc2Cl)n1. The van der Waals surface area contributed by atoms with E-state index in [4.69, 9.17) is 28.2 Å². The van der Waals surface area contributed by atoms with Gasteiger partial charge < -0.3 is 0 Å². The molecule has 0 saturated heterocycles. The van der Waals surface area contributed by atoms with E-state index in [1.165, 1.54) is 6.26 Å². The second-order valence-corrected chi connectivity index (χ2v) is 11.8. The van der Waals surface area contributed by atoms with E-state index in [1.807, 2.05) is 47.2 Å². The number of imidazole rings is 1. The fraction of sp³-hybridized carbons (Fsp3) is 0.192. The summed E-state index contributed by atoms with van der Waals surface area (Å²) in [6, 6.07) is 20.2. The van der Waals surface area contributed by atoms with Gasteiger partial charge in [0, 0.05) is 23.6 Å². The minimum absolute atomic E-state index is 0.167. The Morgan fingerprint density at radius 1 is 0.848 bits per heavy atom. The highest BCUT2D eigenvalue weighted by atomic mass is 35.5. The Labute approximate surface area is 204 Å². The van der Waals surface area contributed by atoms with Crippen LogP contribution in [0.15, 0.2) is 77.8 Å². The van der Waals surface area contributed by atoms with E-state index in [2.05, 4.69) is 20.8 Å². The van der Waals surface area contributed by atoms with Crippen LogP contribution in [-0.4, -0.2) is 24.2 Å². The van der Waals surface area contributed by atoms with Gasteiger partial charge in [0.2, 0.25) is 0 Å². The molecular weight excluding hydrogens is 475 g/mol. The summed E-state index contributed by atoms with van der Waals surface area (Å²) in [4.78, 5) is 5.19. The Hall–Kier alpha value is -2.60. The van der Waals surface area contributed by atoms with E-state index in [0.29, 0.717) is 26.3 Å². The summed E-state index contributed by atoms with van der Waals surface area (Å²) < 4.78 is 25.9. The van der Waals surface area contributed by atoms with Crippen molar-refractivity contribution in [1.29, 1.82) is 0 Å². The molecule has 0 atom stereocenters. The Balaban J connectivity index is 1.83. The number of aromatic nitrogens is 2. The van der Waals surface area contributed by atoms with E-state index < -0.39 is 9.84 Å². The molecule has 0 radical (unpaired) electrons. The number of nitrogens with zero attached hydrogens (tertiary/aromatic N) is 2. The van der Waals surface area contributed by atoms with Crippen LogP contribution in [0.3, 0.4) is 0 Å². The van der Waals surface area contributed by atoms with E-state index in [0.717, 1.165) is 22.5 Å². The van der Waals surface area contributed by atoms with Crippen LogP contribution in [0.5, 0.6) is 0 Å². The number of benzene rings is 3. The van der Waals surface area contributed by atoms with Gasteiger partial charge in [-0.3, -0.25) is 4.57 Å². The first-order valence-corrected chi connectivity index (χ1v) is 13.0. The van der Waals surface area contributed by atoms with Gasteiger partial charge in [0.25, 0.3) is 0 Å². The van der Waals surface area contributed by atoms with Crippen molar-refractivity contribution in [2.75, 3.05) is 6.26 Å². The molecular formula is C26H24Cl2N2O2S. The Kier molecular flexibility index (Phi) is 6.16. The Morgan fingerprint density at radius 2 is 1.45 bits per heavy atom. The lowest BCUT2D eigenvalue weighted by Crippen LogP contribution is -2.11. The molecule has 170 valence electrons. The maximum Gasteiger partial charge on any atom is 0.175 e. The molecule has 0 bridgehead atoms. The smallest absolute Gasteiger partial charge is 0.175 e. The molecule has 0 spiro atoms. The van der Waals surface area contributed by atoms with E-state index in [9.17, 15) is 8.42 Å². The molecule has 4 rings (SSSR count). The highest BCUT2D eigenvalue weighted by molar-refractivity contribution is 7.90. The summed E-state index contributed by atoms with van der Waals surface area (Å²) in [7, 11) is -3.28. The largest absolute Gasteiger partial charge is 0.299 e. The van der Waals surface area contributed by atoms with Gasteiger partial charge in [-0.25, -0.2) is 13.4 Å². The molecule has 0 unspecified atom stereocenters. The lowest BCUT2D eigenvalue weighted by Gasteiger charge is -2.14. The molecule has 33 heavy (non-hydrogen) atoms. The standard InChI is InChI=1S/C26H24Cl2N2O2S/c1-26(2,3)23-16-30(25(29-23)24-21(27)9-6-10-22(24)28)19-13-11-17(12-14-19)18-7-5-8-20(15-18)33(4,31)32/h5-16H,1-4H3. The minimum Gasteiger partial charge on any atom is -0.299 e. The number of hydrogen-bond donors (Lipinski definition) is 0. The van der Waals surface area contributed by atoms with E-state index >= 15 is 0 Å². The van der Waals surface area contributed by atoms with Crippen LogP contribution in [0.2, 0.25) is 10.0 Å². The molecule has 1 heterocycles. The lowest BCUT2D eigenvalue weighted by molar-refractivity contribution is 0.572. The van der Waals surface area contributed by atoms with Crippen LogP contribution >= 0.6 is 23.2 Å². The van der Waals surface area contributed by atoms with Crippen LogP contribution in [-0.2, 0) is 15.3 Å². The summed E-state index contributed by atoms with van der Waals surface area (Å²) in [5, 5.41) is 1.06. The molecule has 0 aliphatic heterocycles. The van der Waals surface area contributed by atoms with Gasteiger partial charge in [0.1, 0.15) is 5.82 Å². The highest BCUT2D eigenvalue weighted by Gasteiger charge is 2.23. The maximum atomic E-state index is 11.9. The summed E-state index contributed by atoms with van der Waals surface area (Å²) in [5.74, 6) is 0.669. The summed E-state index contributed by atoms with van der Waals surface area (Å²) in [5.41, 5.74) is 4.07.